The number of nitriles is 1. The van der Waals surface area contributed by atoms with E-state index in [1.54, 1.807) is 13.0 Å². The summed E-state index contributed by atoms with van der Waals surface area (Å²) in [5.74, 6) is 2.55. The van der Waals surface area contributed by atoms with Crippen molar-refractivity contribution in [2.45, 2.75) is 62.9 Å². The maximum Gasteiger partial charge on any atom is 0.230 e. The summed E-state index contributed by atoms with van der Waals surface area (Å²) in [6, 6.07) is 3.69. The van der Waals surface area contributed by atoms with Crippen molar-refractivity contribution in [3.05, 3.63) is 22.9 Å². The van der Waals surface area contributed by atoms with E-state index in [0.717, 1.165) is 37.0 Å². The van der Waals surface area contributed by atoms with Gasteiger partial charge in [0.25, 0.3) is 0 Å². The highest BCUT2D eigenvalue weighted by molar-refractivity contribution is 8.00. The van der Waals surface area contributed by atoms with Crippen LogP contribution in [0.1, 0.15) is 67.1 Å². The number of aromatic nitrogens is 1. The highest BCUT2D eigenvalue weighted by Gasteiger charge is 2.51. The monoisotopic (exact) mass is 383 g/mol. The highest BCUT2D eigenvalue weighted by Crippen LogP contribution is 2.55. The van der Waals surface area contributed by atoms with Gasteiger partial charge >= 0.3 is 0 Å². The molecule has 0 radical (unpaired) electrons. The lowest BCUT2D eigenvalue weighted by Gasteiger charge is -2.56. The minimum absolute atomic E-state index is 0.00623. The average Bonchev–Trinajstić information content (AvgIpc) is 2.58. The molecular weight excluding hydrogens is 358 g/mol. The Balaban J connectivity index is 1.42. The Kier molecular flexibility index (Phi) is 4.75. The predicted octanol–water partition coefficient (Wildman–Crippen LogP) is 3.64. The number of rotatable bonds is 5. The van der Waals surface area contributed by atoms with Gasteiger partial charge in [-0.2, -0.15) is 5.26 Å². The molecule has 0 aromatic carbocycles. The molecule has 6 heteroatoms. The fourth-order valence-electron chi connectivity index (χ4n) is 5.86. The number of nitrogens with zero attached hydrogens (tertiary/aromatic N) is 2. The number of Topliss-reactive ketones (excluding diaryl/α,β-unsaturated/α-hetero) is 1. The predicted molar refractivity (Wildman–Crippen MR) is 103 cm³/mol. The van der Waals surface area contributed by atoms with Crippen molar-refractivity contribution in [2.24, 2.45) is 17.8 Å². The third kappa shape index (κ3) is 3.62. The lowest BCUT2D eigenvalue weighted by Crippen LogP contribution is -2.60. The second kappa shape index (κ2) is 6.94. The van der Waals surface area contributed by atoms with E-state index in [2.05, 4.69) is 16.4 Å². The van der Waals surface area contributed by atoms with Crippen molar-refractivity contribution < 1.29 is 9.59 Å². The summed E-state index contributed by atoms with van der Waals surface area (Å²) >= 11 is 1.29. The Morgan fingerprint density at radius 2 is 1.85 bits per heavy atom. The maximum absolute atomic E-state index is 12.7. The molecular formula is C21H25N3O2S. The molecule has 1 heterocycles. The zero-order chi connectivity index (χ0) is 19.2. The van der Waals surface area contributed by atoms with Crippen molar-refractivity contribution >= 4 is 23.5 Å². The van der Waals surface area contributed by atoms with Gasteiger partial charge in [-0.05, 0) is 76.2 Å². The number of carbonyl (C=O) groups excluding carboxylic acids is 2. The minimum Gasteiger partial charge on any atom is -0.350 e. The van der Waals surface area contributed by atoms with Gasteiger partial charge in [-0.15, -0.1) is 0 Å². The van der Waals surface area contributed by atoms with Crippen LogP contribution in [0.4, 0.5) is 0 Å². The minimum atomic E-state index is -0.104. The summed E-state index contributed by atoms with van der Waals surface area (Å²) in [5.41, 5.74) is 1.43. The lowest BCUT2D eigenvalue weighted by molar-refractivity contribution is -0.124. The normalized spacial score (nSPS) is 30.8. The van der Waals surface area contributed by atoms with Gasteiger partial charge in [-0.3, -0.25) is 9.59 Å². The molecule has 1 aromatic rings. The molecule has 5 rings (SSSR count). The third-order valence-electron chi connectivity index (χ3n) is 6.46. The van der Waals surface area contributed by atoms with E-state index in [-0.39, 0.29) is 23.0 Å². The van der Waals surface area contributed by atoms with Gasteiger partial charge < -0.3 is 5.32 Å². The van der Waals surface area contributed by atoms with Crippen molar-refractivity contribution in [3.63, 3.8) is 0 Å². The van der Waals surface area contributed by atoms with Gasteiger partial charge in [0.1, 0.15) is 11.1 Å². The first-order chi connectivity index (χ1) is 12.9. The van der Waals surface area contributed by atoms with E-state index >= 15 is 0 Å². The molecule has 0 aliphatic heterocycles. The molecule has 142 valence electrons. The van der Waals surface area contributed by atoms with Crippen LogP contribution in [0.3, 0.4) is 0 Å². The summed E-state index contributed by atoms with van der Waals surface area (Å²) in [6.07, 6.45) is 7.43. The number of carbonyl (C=O) groups is 2. The van der Waals surface area contributed by atoms with Gasteiger partial charge in [0.2, 0.25) is 5.91 Å². The number of amides is 1. The Bertz CT molecular complexity index is 807. The number of thioether (sulfide) groups is 1. The first-order valence-corrected chi connectivity index (χ1v) is 10.7. The smallest absolute Gasteiger partial charge is 0.230 e. The second-order valence-corrected chi connectivity index (χ2v) is 9.64. The Hall–Kier alpha value is -1.87. The molecule has 4 saturated carbocycles. The van der Waals surface area contributed by atoms with E-state index < -0.39 is 0 Å². The van der Waals surface area contributed by atoms with Crippen molar-refractivity contribution in [1.82, 2.24) is 10.3 Å². The van der Waals surface area contributed by atoms with Crippen LogP contribution in [0, 0.1) is 36.0 Å². The maximum atomic E-state index is 12.7. The average molecular weight is 384 g/mol. The summed E-state index contributed by atoms with van der Waals surface area (Å²) in [7, 11) is 0. The van der Waals surface area contributed by atoms with Crippen LogP contribution < -0.4 is 5.32 Å². The zero-order valence-corrected chi connectivity index (χ0v) is 16.7. The number of nitrogens with one attached hydrogen (secondary N) is 1. The second-order valence-electron chi connectivity index (χ2n) is 8.68. The Morgan fingerprint density at radius 3 is 2.37 bits per heavy atom. The molecule has 1 aromatic heterocycles. The molecule has 5 nitrogen and oxygen atoms in total. The quantitative estimate of drug-likeness (QED) is 0.620. The van der Waals surface area contributed by atoms with Gasteiger partial charge in [0.05, 0.1) is 11.3 Å². The van der Waals surface area contributed by atoms with Crippen LogP contribution in [0.5, 0.6) is 0 Å². The number of ketones is 1. The topological polar surface area (TPSA) is 82.8 Å². The Morgan fingerprint density at radius 1 is 1.26 bits per heavy atom. The van der Waals surface area contributed by atoms with Crippen LogP contribution in [0.25, 0.3) is 0 Å². The van der Waals surface area contributed by atoms with Gasteiger partial charge in [0, 0.05) is 16.8 Å². The number of hydrogen-bond donors (Lipinski definition) is 1. The molecule has 1 N–H and O–H groups in total. The summed E-state index contributed by atoms with van der Waals surface area (Å²) in [4.78, 5) is 28.7. The summed E-state index contributed by atoms with van der Waals surface area (Å²) in [5, 5.41) is 13.3. The summed E-state index contributed by atoms with van der Waals surface area (Å²) in [6.45, 7) is 3.23. The van der Waals surface area contributed by atoms with E-state index in [9.17, 15) is 14.9 Å². The number of aryl methyl sites for hydroxylation is 1. The van der Waals surface area contributed by atoms with Crippen LogP contribution in [0.15, 0.2) is 11.1 Å². The van der Waals surface area contributed by atoms with Crippen LogP contribution in [-0.2, 0) is 4.79 Å². The summed E-state index contributed by atoms with van der Waals surface area (Å²) < 4.78 is 0. The standard InChI is InChI=1S/C21H25N3O2S/c1-12-18(13(2)25)6-17(10-22)20(23-12)27-11-19(26)24-21-7-14-3-15(8-21)5-16(4-14)9-21/h6,14-16H,3-5,7-9,11H2,1-2H3,(H,24,26). The lowest BCUT2D eigenvalue weighted by atomic mass is 9.53. The van der Waals surface area contributed by atoms with Crippen molar-refractivity contribution in [1.29, 1.82) is 5.26 Å². The highest BCUT2D eigenvalue weighted by atomic mass is 32.2. The zero-order valence-electron chi connectivity index (χ0n) is 15.9. The molecule has 4 fully saturated rings. The molecule has 0 spiro atoms. The van der Waals surface area contributed by atoms with Gasteiger partial charge in [-0.1, -0.05) is 11.8 Å². The fourth-order valence-corrected chi connectivity index (χ4v) is 6.66. The molecule has 0 unspecified atom stereocenters. The number of hydrogen-bond acceptors (Lipinski definition) is 5. The van der Waals surface area contributed by atoms with Crippen molar-refractivity contribution in [3.8, 4) is 6.07 Å². The van der Waals surface area contributed by atoms with E-state index in [1.165, 1.54) is 37.9 Å². The first-order valence-electron chi connectivity index (χ1n) is 9.74. The van der Waals surface area contributed by atoms with Crippen LogP contribution >= 0.6 is 11.8 Å². The van der Waals surface area contributed by atoms with E-state index in [1.807, 2.05) is 0 Å². The largest absolute Gasteiger partial charge is 0.350 e. The molecule has 1 amide bonds. The van der Waals surface area contributed by atoms with Crippen molar-refractivity contribution in [2.75, 3.05) is 5.75 Å². The SMILES string of the molecule is CC(=O)c1cc(C#N)c(SCC(=O)NC23CC4CC(CC(C4)C2)C3)nc1C. The first kappa shape index (κ1) is 18.5. The fraction of sp³-hybridized carbons (Fsp3) is 0.619. The van der Waals surface area contributed by atoms with Crippen LogP contribution in [0.2, 0.25) is 0 Å². The molecule has 27 heavy (non-hydrogen) atoms. The van der Waals surface area contributed by atoms with Crippen LogP contribution in [-0.4, -0.2) is 28.0 Å². The molecule has 4 bridgehead atoms. The molecule has 0 atom stereocenters. The van der Waals surface area contributed by atoms with E-state index in [4.69, 9.17) is 0 Å². The Labute approximate surface area is 164 Å². The molecule has 0 saturated heterocycles. The molecule has 4 aliphatic carbocycles. The third-order valence-corrected chi connectivity index (χ3v) is 7.45. The molecule has 4 aliphatic rings. The van der Waals surface area contributed by atoms with E-state index in [0.29, 0.717) is 21.8 Å². The van der Waals surface area contributed by atoms with Gasteiger partial charge in [-0.25, -0.2) is 4.98 Å². The van der Waals surface area contributed by atoms with Gasteiger partial charge in [0.15, 0.2) is 5.78 Å². The number of pyridine rings is 1.